The number of hydrogen-bond acceptors (Lipinski definition) is 3. The highest BCUT2D eigenvalue weighted by Gasteiger charge is 2.39. The highest BCUT2D eigenvalue weighted by molar-refractivity contribution is 6.36. The van der Waals surface area contributed by atoms with Gasteiger partial charge in [0.05, 0.1) is 22.8 Å². The largest absolute Gasteiger partial charge is 0.352 e. The zero-order chi connectivity index (χ0) is 42.2. The number of nitrogens with zero attached hydrogens (tertiary/aromatic N) is 1. The van der Waals surface area contributed by atoms with Crippen LogP contribution in [-0.2, 0) is 10.8 Å². The third-order valence-electron chi connectivity index (χ3n) is 13.5. The highest BCUT2D eigenvalue weighted by atomic mass is 15.2. The Morgan fingerprint density at radius 1 is 0.419 bits per heavy atom. The van der Waals surface area contributed by atoms with Gasteiger partial charge in [-0.3, -0.25) is 5.41 Å². The molecule has 1 heterocycles. The van der Waals surface area contributed by atoms with Gasteiger partial charge in [-0.15, -0.1) is 0 Å². The molecule has 0 amide bonds. The Morgan fingerprint density at radius 2 is 0.839 bits per heavy atom. The molecule has 0 bridgehead atoms. The molecule has 0 spiro atoms. The molecule has 62 heavy (non-hydrogen) atoms. The van der Waals surface area contributed by atoms with Crippen LogP contribution >= 0.6 is 0 Å². The topological polar surface area (TPSA) is 39.1 Å². The van der Waals surface area contributed by atoms with Crippen molar-refractivity contribution >= 4 is 39.8 Å². The van der Waals surface area contributed by atoms with Gasteiger partial charge in [-0.05, 0) is 74.3 Å². The van der Waals surface area contributed by atoms with E-state index in [0.717, 1.165) is 61.9 Å². The normalized spacial score (nSPS) is 15.7. The minimum Gasteiger partial charge on any atom is -0.352 e. The van der Waals surface area contributed by atoms with Crippen LogP contribution in [0.2, 0.25) is 0 Å². The summed E-state index contributed by atoms with van der Waals surface area (Å²) in [6.45, 7) is 9.43. The zero-order valence-corrected chi connectivity index (χ0v) is 35.5. The van der Waals surface area contributed by atoms with E-state index >= 15 is 0 Å². The summed E-state index contributed by atoms with van der Waals surface area (Å²) >= 11 is 0. The number of fused-ring (bicyclic) bond motifs is 7. The fourth-order valence-electron chi connectivity index (χ4n) is 10.4. The van der Waals surface area contributed by atoms with Crippen LogP contribution in [-0.4, -0.2) is 5.71 Å². The number of benzene rings is 8. The molecule has 3 aliphatic rings. The third kappa shape index (κ3) is 5.76. The molecule has 3 nitrogen and oxygen atoms in total. The molecule has 2 N–H and O–H groups in total. The third-order valence-corrected chi connectivity index (χ3v) is 13.5. The van der Waals surface area contributed by atoms with E-state index in [4.69, 9.17) is 0 Å². The Balaban J connectivity index is 1.22. The van der Waals surface area contributed by atoms with E-state index < -0.39 is 0 Å². The number of allylic oxidation sites excluding steroid dienone is 1. The second-order valence-electron chi connectivity index (χ2n) is 17.8. The first-order chi connectivity index (χ1) is 30.2. The SMILES string of the molecule is CC1(C)c2ccccc2-c2ccc(N(C3=C(c4ccccc4)N/C(=C(\C(=N)c4ccccc4)c4ccccc4)c4ccccc43)c3ccc4c(c3)C(C)(C)c3ccccc3-4)cc21. The van der Waals surface area contributed by atoms with E-state index in [2.05, 4.69) is 202 Å². The maximum absolute atomic E-state index is 9.88. The molecule has 0 saturated heterocycles. The van der Waals surface area contributed by atoms with E-state index in [1.54, 1.807) is 0 Å². The van der Waals surface area contributed by atoms with Crippen molar-refractivity contribution in [1.82, 2.24) is 5.32 Å². The molecule has 0 unspecified atom stereocenters. The van der Waals surface area contributed by atoms with E-state index in [9.17, 15) is 5.41 Å². The summed E-state index contributed by atoms with van der Waals surface area (Å²) in [7, 11) is 0. The van der Waals surface area contributed by atoms with Gasteiger partial charge in [0, 0.05) is 50.0 Å². The molecule has 3 heteroatoms. The lowest BCUT2D eigenvalue weighted by Gasteiger charge is -2.37. The van der Waals surface area contributed by atoms with Crippen LogP contribution in [0.4, 0.5) is 11.4 Å². The van der Waals surface area contributed by atoms with Crippen molar-refractivity contribution in [1.29, 1.82) is 5.41 Å². The molecule has 8 aromatic rings. The van der Waals surface area contributed by atoms with Gasteiger partial charge in [0.15, 0.2) is 0 Å². The van der Waals surface area contributed by atoms with Gasteiger partial charge in [0.2, 0.25) is 0 Å². The Morgan fingerprint density at radius 3 is 1.37 bits per heavy atom. The van der Waals surface area contributed by atoms with Gasteiger partial charge in [0.25, 0.3) is 0 Å². The Labute approximate surface area is 364 Å². The van der Waals surface area contributed by atoms with E-state index in [0.29, 0.717) is 5.71 Å². The summed E-state index contributed by atoms with van der Waals surface area (Å²) in [5.41, 5.74) is 21.6. The highest BCUT2D eigenvalue weighted by Crippen LogP contribution is 2.54. The maximum atomic E-state index is 9.88. The number of anilines is 2. The lowest BCUT2D eigenvalue weighted by Crippen LogP contribution is -2.29. The van der Waals surface area contributed by atoms with Gasteiger partial charge in [0.1, 0.15) is 0 Å². The van der Waals surface area contributed by atoms with Crippen LogP contribution in [0.15, 0.2) is 200 Å². The van der Waals surface area contributed by atoms with Gasteiger partial charge in [-0.2, -0.15) is 0 Å². The Hall–Kier alpha value is -7.49. The minimum absolute atomic E-state index is 0.188. The molecular formula is C59H47N3. The molecule has 1 aliphatic heterocycles. The van der Waals surface area contributed by atoms with Crippen LogP contribution in [0.1, 0.15) is 77.8 Å². The fourth-order valence-corrected chi connectivity index (χ4v) is 10.4. The molecule has 0 atom stereocenters. The first kappa shape index (κ1) is 37.5. The standard InChI is InChI=1S/C59H47N3/c1-58(2)49-30-18-16-26-43(49)45-34-32-41(36-51(45)58)62(42-33-35-46-44-27-17-19-31-50(44)59(3,4)52(46)37-42)57-48-29-15-14-28-47(48)56(61-55(57)40-24-12-7-13-25-40)53(38-20-8-5-9-21-38)54(60)39-22-10-6-11-23-39/h5-37,60-61H,1-4H3/b56-53-,60-54?. The smallest absolute Gasteiger partial charge is 0.0782 e. The molecule has 0 saturated carbocycles. The first-order valence-electron chi connectivity index (χ1n) is 21.6. The second kappa shape index (κ2) is 14.3. The molecule has 0 radical (unpaired) electrons. The number of nitrogens with one attached hydrogen (secondary N) is 2. The molecule has 8 aromatic carbocycles. The minimum atomic E-state index is -0.188. The predicted molar refractivity (Wildman–Crippen MR) is 260 cm³/mol. The summed E-state index contributed by atoms with van der Waals surface area (Å²) in [4.78, 5) is 2.49. The maximum Gasteiger partial charge on any atom is 0.0782 e. The van der Waals surface area contributed by atoms with Crippen molar-refractivity contribution in [2.45, 2.75) is 38.5 Å². The first-order valence-corrected chi connectivity index (χ1v) is 21.6. The van der Waals surface area contributed by atoms with Crippen LogP contribution < -0.4 is 10.2 Å². The summed E-state index contributed by atoms with van der Waals surface area (Å²) in [6.07, 6.45) is 0. The van der Waals surface area contributed by atoms with E-state index in [1.807, 2.05) is 36.4 Å². The van der Waals surface area contributed by atoms with Gasteiger partial charge in [-0.25, -0.2) is 0 Å². The van der Waals surface area contributed by atoms with Crippen molar-refractivity contribution < 1.29 is 0 Å². The van der Waals surface area contributed by atoms with Gasteiger partial charge in [-0.1, -0.05) is 204 Å². The molecular weight excluding hydrogens is 751 g/mol. The second-order valence-corrected chi connectivity index (χ2v) is 17.8. The summed E-state index contributed by atoms with van der Waals surface area (Å²) in [5, 5.41) is 14.0. The summed E-state index contributed by atoms with van der Waals surface area (Å²) < 4.78 is 0. The lowest BCUT2D eigenvalue weighted by atomic mass is 9.81. The Kier molecular flexibility index (Phi) is 8.66. The lowest BCUT2D eigenvalue weighted by molar-refractivity contribution is 0.660. The fraction of sp³-hybridized carbons (Fsp3) is 0.102. The molecule has 11 rings (SSSR count). The van der Waals surface area contributed by atoms with Crippen molar-refractivity contribution in [3.8, 4) is 22.3 Å². The number of hydrogen-bond donors (Lipinski definition) is 2. The zero-order valence-electron chi connectivity index (χ0n) is 35.5. The van der Waals surface area contributed by atoms with Crippen LogP contribution in [0.5, 0.6) is 0 Å². The molecule has 0 aromatic heterocycles. The van der Waals surface area contributed by atoms with E-state index in [1.165, 1.54) is 44.5 Å². The summed E-state index contributed by atoms with van der Waals surface area (Å²) in [5.74, 6) is 0. The quantitative estimate of drug-likeness (QED) is 0.158. The van der Waals surface area contributed by atoms with Crippen LogP contribution in [0, 0.1) is 5.41 Å². The van der Waals surface area contributed by atoms with Gasteiger partial charge >= 0.3 is 0 Å². The average molecular weight is 798 g/mol. The van der Waals surface area contributed by atoms with Crippen LogP contribution in [0.25, 0.3) is 44.9 Å². The van der Waals surface area contributed by atoms with Crippen molar-refractivity contribution in [2.24, 2.45) is 0 Å². The predicted octanol–water partition coefficient (Wildman–Crippen LogP) is 14.5. The van der Waals surface area contributed by atoms with Crippen LogP contribution in [0.3, 0.4) is 0 Å². The average Bonchev–Trinajstić information content (AvgIpc) is 3.69. The monoisotopic (exact) mass is 797 g/mol. The Bertz CT molecular complexity index is 3040. The molecule has 0 fully saturated rings. The van der Waals surface area contributed by atoms with Crippen molar-refractivity contribution in [3.63, 3.8) is 0 Å². The molecule has 2 aliphatic carbocycles. The molecule has 298 valence electrons. The van der Waals surface area contributed by atoms with Crippen molar-refractivity contribution in [2.75, 3.05) is 4.90 Å². The number of rotatable bonds is 7. The van der Waals surface area contributed by atoms with Gasteiger partial charge < -0.3 is 10.2 Å². The van der Waals surface area contributed by atoms with Crippen molar-refractivity contribution in [3.05, 3.63) is 250 Å². The van der Waals surface area contributed by atoms with E-state index in [-0.39, 0.29) is 10.8 Å². The summed E-state index contributed by atoms with van der Waals surface area (Å²) in [6, 6.07) is 71.9.